The van der Waals surface area contributed by atoms with E-state index in [9.17, 15) is 0 Å². The molecule has 1 aliphatic carbocycles. The fourth-order valence-electron chi connectivity index (χ4n) is 2.81. The third kappa shape index (κ3) is 2.23. The minimum Gasteiger partial charge on any atom is -0.315 e. The summed E-state index contributed by atoms with van der Waals surface area (Å²) < 4.78 is 0. The Morgan fingerprint density at radius 3 is 2.62 bits per heavy atom. The van der Waals surface area contributed by atoms with E-state index >= 15 is 0 Å². The smallest absolute Gasteiger partial charge is 0.0113 e. The van der Waals surface area contributed by atoms with Gasteiger partial charge in [0.15, 0.2) is 0 Å². The predicted molar refractivity (Wildman–Crippen MR) is 55.9 cm³/mol. The molecule has 13 heavy (non-hydrogen) atoms. The van der Waals surface area contributed by atoms with Crippen molar-refractivity contribution in [2.24, 2.45) is 0 Å². The van der Waals surface area contributed by atoms with E-state index in [0.29, 0.717) is 0 Å². The maximum Gasteiger partial charge on any atom is 0.0113 e. The van der Waals surface area contributed by atoms with Gasteiger partial charge in [-0.2, -0.15) is 0 Å². The maximum atomic E-state index is 3.49. The lowest BCUT2D eigenvalue weighted by molar-refractivity contribution is 0.154. The summed E-state index contributed by atoms with van der Waals surface area (Å²) in [7, 11) is 0. The van der Waals surface area contributed by atoms with Gasteiger partial charge in [-0.25, -0.2) is 0 Å². The molecule has 1 atom stereocenters. The Morgan fingerprint density at radius 1 is 1.08 bits per heavy atom. The second-order valence-corrected chi connectivity index (χ2v) is 4.56. The average Bonchev–Trinajstić information content (AvgIpc) is 2.56. The Labute approximate surface area is 81.7 Å². The van der Waals surface area contributed by atoms with Gasteiger partial charge >= 0.3 is 0 Å². The van der Waals surface area contributed by atoms with Crippen LogP contribution < -0.4 is 5.32 Å². The summed E-state index contributed by atoms with van der Waals surface area (Å²) in [4.78, 5) is 2.74. The molecule has 2 heteroatoms. The van der Waals surface area contributed by atoms with Gasteiger partial charge in [0.05, 0.1) is 0 Å². The first-order valence-electron chi connectivity index (χ1n) is 5.84. The quantitative estimate of drug-likeness (QED) is 0.663. The van der Waals surface area contributed by atoms with Crippen LogP contribution in [0.25, 0.3) is 0 Å². The largest absolute Gasteiger partial charge is 0.315 e. The van der Waals surface area contributed by atoms with Crippen molar-refractivity contribution in [1.82, 2.24) is 10.2 Å². The zero-order valence-corrected chi connectivity index (χ0v) is 8.76. The highest BCUT2D eigenvalue weighted by atomic mass is 15.2. The number of hydrogen-bond acceptors (Lipinski definition) is 2. The summed E-state index contributed by atoms with van der Waals surface area (Å²) in [5, 5.41) is 3.49. The summed E-state index contributed by atoms with van der Waals surface area (Å²) in [6.07, 6.45) is 7.15. The minimum absolute atomic E-state index is 0.804. The number of nitrogens with one attached hydrogen (secondary N) is 1. The number of nitrogens with zero attached hydrogens (tertiary/aromatic N) is 1. The molecule has 2 nitrogen and oxygen atoms in total. The van der Waals surface area contributed by atoms with Crippen molar-refractivity contribution in [2.75, 3.05) is 19.6 Å². The zero-order chi connectivity index (χ0) is 9.10. The molecule has 0 amide bonds. The highest BCUT2D eigenvalue weighted by Gasteiger charge is 2.26. The Morgan fingerprint density at radius 2 is 1.85 bits per heavy atom. The Balaban J connectivity index is 1.93. The van der Waals surface area contributed by atoms with Crippen LogP contribution in [-0.2, 0) is 0 Å². The third-order valence-corrected chi connectivity index (χ3v) is 3.65. The highest BCUT2D eigenvalue weighted by molar-refractivity contribution is 4.83. The zero-order valence-electron chi connectivity index (χ0n) is 8.76. The lowest BCUT2D eigenvalue weighted by atomic mass is 10.1. The molecule has 2 rings (SSSR count). The topological polar surface area (TPSA) is 15.3 Å². The van der Waals surface area contributed by atoms with Gasteiger partial charge in [0.25, 0.3) is 0 Å². The van der Waals surface area contributed by atoms with E-state index in [1.165, 1.54) is 51.7 Å². The lowest BCUT2D eigenvalue weighted by Crippen LogP contribution is -2.41. The summed E-state index contributed by atoms with van der Waals surface area (Å²) in [6.45, 7) is 6.07. The molecule has 2 aliphatic rings. The molecule has 0 aromatic rings. The lowest BCUT2D eigenvalue weighted by Gasteiger charge is -2.32. The molecule has 1 N–H and O–H groups in total. The van der Waals surface area contributed by atoms with Gasteiger partial charge < -0.3 is 5.32 Å². The summed E-state index contributed by atoms with van der Waals surface area (Å²) in [5.74, 6) is 0. The molecule has 1 unspecified atom stereocenters. The molecule has 0 spiro atoms. The van der Waals surface area contributed by atoms with Gasteiger partial charge in [0.1, 0.15) is 0 Å². The molecule has 0 bridgehead atoms. The SMILES string of the molecule is CC1CCNCCN1C1CCCC1. The first-order chi connectivity index (χ1) is 6.38. The molecular weight excluding hydrogens is 160 g/mol. The fourth-order valence-corrected chi connectivity index (χ4v) is 2.81. The Bertz CT molecular complexity index is 152. The van der Waals surface area contributed by atoms with Crippen LogP contribution in [0.3, 0.4) is 0 Å². The van der Waals surface area contributed by atoms with E-state index in [2.05, 4.69) is 17.1 Å². The van der Waals surface area contributed by atoms with Gasteiger partial charge in [-0.05, 0) is 32.7 Å². The van der Waals surface area contributed by atoms with Crippen LogP contribution in [0, 0.1) is 0 Å². The van der Waals surface area contributed by atoms with Crippen molar-refractivity contribution in [3.63, 3.8) is 0 Å². The third-order valence-electron chi connectivity index (χ3n) is 3.65. The van der Waals surface area contributed by atoms with Crippen molar-refractivity contribution in [3.8, 4) is 0 Å². The Hall–Kier alpha value is -0.0800. The average molecular weight is 182 g/mol. The number of rotatable bonds is 1. The maximum absolute atomic E-state index is 3.49. The predicted octanol–water partition coefficient (Wildman–Crippen LogP) is 1.61. The molecule has 1 saturated carbocycles. The minimum atomic E-state index is 0.804. The second-order valence-electron chi connectivity index (χ2n) is 4.56. The van der Waals surface area contributed by atoms with E-state index in [0.717, 1.165) is 12.1 Å². The van der Waals surface area contributed by atoms with Crippen LogP contribution >= 0.6 is 0 Å². The van der Waals surface area contributed by atoms with Crippen molar-refractivity contribution in [2.45, 2.75) is 51.1 Å². The van der Waals surface area contributed by atoms with E-state index in [1.54, 1.807) is 0 Å². The first-order valence-corrected chi connectivity index (χ1v) is 5.84. The molecule has 1 aliphatic heterocycles. The van der Waals surface area contributed by atoms with Crippen LogP contribution in [0.2, 0.25) is 0 Å². The molecule has 2 fully saturated rings. The van der Waals surface area contributed by atoms with Crippen LogP contribution in [0.1, 0.15) is 39.0 Å². The number of hydrogen-bond donors (Lipinski definition) is 1. The molecule has 0 radical (unpaired) electrons. The summed E-state index contributed by atoms with van der Waals surface area (Å²) >= 11 is 0. The van der Waals surface area contributed by atoms with E-state index < -0.39 is 0 Å². The first kappa shape index (κ1) is 9.47. The molecule has 1 heterocycles. The van der Waals surface area contributed by atoms with Crippen LogP contribution in [0.4, 0.5) is 0 Å². The van der Waals surface area contributed by atoms with Gasteiger partial charge in [0, 0.05) is 25.2 Å². The van der Waals surface area contributed by atoms with Crippen molar-refractivity contribution < 1.29 is 0 Å². The van der Waals surface area contributed by atoms with Crippen molar-refractivity contribution in [1.29, 1.82) is 0 Å². The van der Waals surface area contributed by atoms with Crippen LogP contribution in [-0.4, -0.2) is 36.6 Å². The van der Waals surface area contributed by atoms with Gasteiger partial charge in [0.2, 0.25) is 0 Å². The van der Waals surface area contributed by atoms with Crippen LogP contribution in [0.15, 0.2) is 0 Å². The molecule has 1 saturated heterocycles. The van der Waals surface area contributed by atoms with Gasteiger partial charge in [-0.1, -0.05) is 12.8 Å². The normalized spacial score (nSPS) is 33.5. The van der Waals surface area contributed by atoms with Gasteiger partial charge in [-0.15, -0.1) is 0 Å². The van der Waals surface area contributed by atoms with E-state index in [4.69, 9.17) is 0 Å². The van der Waals surface area contributed by atoms with Gasteiger partial charge in [-0.3, -0.25) is 4.90 Å². The highest BCUT2D eigenvalue weighted by Crippen LogP contribution is 2.25. The Kier molecular flexibility index (Phi) is 3.23. The standard InChI is InChI=1S/C11H22N2/c1-10-6-7-12-8-9-13(10)11-4-2-3-5-11/h10-12H,2-9H2,1H3. The van der Waals surface area contributed by atoms with Crippen molar-refractivity contribution in [3.05, 3.63) is 0 Å². The molecular formula is C11H22N2. The second kappa shape index (κ2) is 4.43. The molecule has 0 aromatic carbocycles. The summed E-state index contributed by atoms with van der Waals surface area (Å²) in [5.41, 5.74) is 0. The van der Waals surface area contributed by atoms with Crippen LogP contribution in [0.5, 0.6) is 0 Å². The fraction of sp³-hybridized carbons (Fsp3) is 1.00. The van der Waals surface area contributed by atoms with E-state index in [1.807, 2.05) is 0 Å². The van der Waals surface area contributed by atoms with Crippen molar-refractivity contribution >= 4 is 0 Å². The molecule has 76 valence electrons. The molecule has 0 aromatic heterocycles. The summed E-state index contributed by atoms with van der Waals surface area (Å²) in [6, 6.07) is 1.72. The van der Waals surface area contributed by atoms with E-state index in [-0.39, 0.29) is 0 Å². The monoisotopic (exact) mass is 182 g/mol.